The minimum Gasteiger partial charge on any atom is -0.355 e. The molecule has 1 saturated heterocycles. The first-order valence-corrected chi connectivity index (χ1v) is 11.1. The molecule has 33 heavy (non-hydrogen) atoms. The van der Waals surface area contributed by atoms with Gasteiger partial charge in [0.05, 0.1) is 0 Å². The number of nitrogens with one attached hydrogen (secondary N) is 2. The molecule has 1 amide bonds. The van der Waals surface area contributed by atoms with Gasteiger partial charge in [0.1, 0.15) is 11.6 Å². The van der Waals surface area contributed by atoms with Crippen LogP contribution in [0.25, 0.3) is 22.3 Å². The fourth-order valence-electron chi connectivity index (χ4n) is 3.91. The van der Waals surface area contributed by atoms with Crippen molar-refractivity contribution in [1.82, 2.24) is 15.5 Å². The van der Waals surface area contributed by atoms with Crippen molar-refractivity contribution in [3.63, 3.8) is 0 Å². The summed E-state index contributed by atoms with van der Waals surface area (Å²) in [5.41, 5.74) is 3.65. The van der Waals surface area contributed by atoms with Gasteiger partial charge in [-0.3, -0.25) is 4.79 Å². The van der Waals surface area contributed by atoms with Crippen molar-refractivity contribution >= 4 is 5.91 Å². The van der Waals surface area contributed by atoms with Gasteiger partial charge in [0.25, 0.3) is 5.91 Å². The number of hydrogen-bond donors (Lipinski definition) is 2. The van der Waals surface area contributed by atoms with Crippen LogP contribution in [-0.4, -0.2) is 51.6 Å². The topological polar surface area (TPSA) is 44.4 Å². The molecule has 1 unspecified atom stereocenters. The second kappa shape index (κ2) is 11.7. The summed E-state index contributed by atoms with van der Waals surface area (Å²) in [6, 6.07) is 17.5. The van der Waals surface area contributed by atoms with Crippen LogP contribution in [0.1, 0.15) is 16.8 Å². The van der Waals surface area contributed by atoms with Crippen molar-refractivity contribution in [2.24, 2.45) is 5.92 Å². The Kier molecular flexibility index (Phi) is 8.69. The maximum absolute atomic E-state index is 13.1. The van der Waals surface area contributed by atoms with Gasteiger partial charge in [-0.1, -0.05) is 24.3 Å². The lowest BCUT2D eigenvalue weighted by Gasteiger charge is -2.13. The van der Waals surface area contributed by atoms with Gasteiger partial charge in [-0.15, -0.1) is 0 Å². The summed E-state index contributed by atoms with van der Waals surface area (Å²) < 4.78 is 26.3. The van der Waals surface area contributed by atoms with Crippen LogP contribution >= 0.6 is 0 Å². The summed E-state index contributed by atoms with van der Waals surface area (Å²) in [6.45, 7) is 3.68. The highest BCUT2D eigenvalue weighted by molar-refractivity contribution is 5.97. The Balaban J connectivity index is 0.000000286. The van der Waals surface area contributed by atoms with E-state index in [0.717, 1.165) is 28.2 Å². The normalized spacial score (nSPS) is 15.2. The third-order valence-corrected chi connectivity index (χ3v) is 5.56. The number of nitrogens with zero attached hydrogens (tertiary/aromatic N) is 1. The highest BCUT2D eigenvalue weighted by atomic mass is 19.1. The molecule has 1 aliphatic rings. The predicted octanol–water partition coefficient (Wildman–Crippen LogP) is 4.82. The molecule has 2 N–H and O–H groups in total. The Morgan fingerprint density at radius 2 is 1.42 bits per heavy atom. The molecular weight excluding hydrogens is 420 g/mol. The zero-order valence-electron chi connectivity index (χ0n) is 19.4. The third kappa shape index (κ3) is 7.20. The monoisotopic (exact) mass is 451 g/mol. The molecule has 0 radical (unpaired) electrons. The van der Waals surface area contributed by atoms with Crippen LogP contribution in [0.5, 0.6) is 0 Å². The van der Waals surface area contributed by atoms with Crippen molar-refractivity contribution in [2.45, 2.75) is 6.42 Å². The van der Waals surface area contributed by atoms with Crippen LogP contribution in [0.4, 0.5) is 8.78 Å². The van der Waals surface area contributed by atoms with Crippen LogP contribution in [0, 0.1) is 17.6 Å². The molecule has 0 aliphatic carbocycles. The minimum absolute atomic E-state index is 0.220. The van der Waals surface area contributed by atoms with Gasteiger partial charge >= 0.3 is 0 Å². The van der Waals surface area contributed by atoms with Crippen LogP contribution in [0.2, 0.25) is 0 Å². The van der Waals surface area contributed by atoms with Crippen LogP contribution in [0.15, 0.2) is 66.7 Å². The fourth-order valence-corrected chi connectivity index (χ4v) is 3.91. The van der Waals surface area contributed by atoms with Gasteiger partial charge in [0, 0.05) is 19.2 Å². The molecule has 1 heterocycles. The highest BCUT2D eigenvalue weighted by Crippen LogP contribution is 2.29. The van der Waals surface area contributed by atoms with Crippen molar-refractivity contribution < 1.29 is 13.6 Å². The van der Waals surface area contributed by atoms with Crippen LogP contribution < -0.4 is 10.6 Å². The van der Waals surface area contributed by atoms with Crippen molar-refractivity contribution in [1.29, 1.82) is 0 Å². The number of carbonyl (C=O) groups excluding carboxylic acids is 1. The molecule has 0 spiro atoms. The second-order valence-corrected chi connectivity index (χ2v) is 8.51. The molecule has 1 aliphatic heterocycles. The van der Waals surface area contributed by atoms with E-state index in [0.29, 0.717) is 5.56 Å². The summed E-state index contributed by atoms with van der Waals surface area (Å²) in [5.74, 6) is 0.0438. The van der Waals surface area contributed by atoms with E-state index in [1.165, 1.54) is 50.3 Å². The molecule has 3 aromatic rings. The Labute approximate surface area is 194 Å². The van der Waals surface area contributed by atoms with E-state index >= 15 is 0 Å². The van der Waals surface area contributed by atoms with E-state index in [1.807, 2.05) is 6.07 Å². The van der Waals surface area contributed by atoms with Gasteiger partial charge < -0.3 is 15.5 Å². The Morgan fingerprint density at radius 3 is 1.82 bits per heavy atom. The largest absolute Gasteiger partial charge is 0.355 e. The summed E-state index contributed by atoms with van der Waals surface area (Å²) in [4.78, 5) is 14.3. The number of carbonyl (C=O) groups is 1. The minimum atomic E-state index is -0.319. The highest BCUT2D eigenvalue weighted by Gasteiger charge is 2.14. The summed E-state index contributed by atoms with van der Waals surface area (Å²) in [7, 11) is 5.83. The van der Waals surface area contributed by atoms with Gasteiger partial charge in [-0.2, -0.15) is 0 Å². The number of amides is 1. The van der Waals surface area contributed by atoms with E-state index in [-0.39, 0.29) is 17.5 Å². The number of benzene rings is 3. The Bertz CT molecular complexity index is 980. The van der Waals surface area contributed by atoms with Crippen LogP contribution in [0.3, 0.4) is 0 Å². The lowest BCUT2D eigenvalue weighted by Crippen LogP contribution is -2.23. The Hall–Kier alpha value is -3.09. The zero-order chi connectivity index (χ0) is 23.8. The van der Waals surface area contributed by atoms with Gasteiger partial charge in [-0.05, 0) is 104 Å². The lowest BCUT2D eigenvalue weighted by atomic mass is 9.96. The van der Waals surface area contributed by atoms with Gasteiger partial charge in [0.2, 0.25) is 0 Å². The van der Waals surface area contributed by atoms with E-state index in [9.17, 15) is 13.6 Å². The number of halogens is 2. The van der Waals surface area contributed by atoms with Crippen LogP contribution in [-0.2, 0) is 0 Å². The van der Waals surface area contributed by atoms with E-state index in [4.69, 9.17) is 0 Å². The van der Waals surface area contributed by atoms with Gasteiger partial charge in [0.15, 0.2) is 0 Å². The number of rotatable bonds is 5. The van der Waals surface area contributed by atoms with E-state index in [2.05, 4.69) is 29.6 Å². The first-order chi connectivity index (χ1) is 15.9. The standard InChI is InChI=1S/C20H15F2NO.C7H16N2/c1-23-20(24)17-11-15(13-2-6-18(21)7-3-13)10-16(12-17)14-4-8-19(22)9-5-14;1-9(2)6-7-3-4-8-5-7/h2-12H,1H3,(H,23,24);7-8H,3-6H2,1-2H3. The summed E-state index contributed by atoms with van der Waals surface area (Å²) >= 11 is 0. The second-order valence-electron chi connectivity index (χ2n) is 8.51. The molecule has 6 heteroatoms. The average Bonchev–Trinajstić information content (AvgIpc) is 3.32. The first-order valence-electron chi connectivity index (χ1n) is 11.1. The quantitative estimate of drug-likeness (QED) is 0.585. The van der Waals surface area contributed by atoms with Gasteiger partial charge in [-0.25, -0.2) is 8.78 Å². The zero-order valence-corrected chi connectivity index (χ0v) is 19.4. The lowest BCUT2D eigenvalue weighted by molar-refractivity contribution is 0.0963. The molecule has 3 aromatic carbocycles. The Morgan fingerprint density at radius 1 is 0.909 bits per heavy atom. The SMILES string of the molecule is CN(C)CC1CCNC1.CNC(=O)c1cc(-c2ccc(F)cc2)cc(-c2ccc(F)cc2)c1. The van der Waals surface area contributed by atoms with Crippen molar-refractivity contribution in [3.05, 3.63) is 83.9 Å². The molecule has 174 valence electrons. The molecule has 1 fully saturated rings. The first kappa shape index (κ1) is 24.6. The summed E-state index contributed by atoms with van der Waals surface area (Å²) in [5, 5.41) is 5.95. The average molecular weight is 452 g/mol. The molecule has 0 bridgehead atoms. The maximum Gasteiger partial charge on any atom is 0.251 e. The number of hydrogen-bond acceptors (Lipinski definition) is 3. The molecule has 0 saturated carbocycles. The van der Waals surface area contributed by atoms with Crippen molar-refractivity contribution in [3.8, 4) is 22.3 Å². The maximum atomic E-state index is 13.1. The molecule has 0 aromatic heterocycles. The predicted molar refractivity (Wildman–Crippen MR) is 130 cm³/mol. The molecule has 4 rings (SSSR count). The van der Waals surface area contributed by atoms with E-state index in [1.54, 1.807) is 43.4 Å². The molecule has 1 atom stereocenters. The third-order valence-electron chi connectivity index (χ3n) is 5.56. The molecular formula is C27H31F2N3O. The summed E-state index contributed by atoms with van der Waals surface area (Å²) in [6.07, 6.45) is 1.36. The van der Waals surface area contributed by atoms with E-state index < -0.39 is 0 Å². The van der Waals surface area contributed by atoms with Crippen molar-refractivity contribution in [2.75, 3.05) is 40.8 Å². The fraction of sp³-hybridized carbons (Fsp3) is 0.296. The molecule has 4 nitrogen and oxygen atoms in total. The smallest absolute Gasteiger partial charge is 0.251 e.